The minimum atomic E-state index is -3.75. The maximum absolute atomic E-state index is 14.1. The van der Waals surface area contributed by atoms with Crippen LogP contribution in [0.15, 0.2) is 58.5 Å². The molecule has 28 heavy (non-hydrogen) atoms. The predicted octanol–water partition coefficient (Wildman–Crippen LogP) is 4.31. The molecule has 2 heterocycles. The van der Waals surface area contributed by atoms with E-state index < -0.39 is 9.84 Å². The van der Waals surface area contributed by atoms with E-state index in [2.05, 4.69) is 9.88 Å². The highest BCUT2D eigenvalue weighted by atomic mass is 32.2. The number of halogens is 1. The summed E-state index contributed by atoms with van der Waals surface area (Å²) in [7, 11) is -3.75. The van der Waals surface area contributed by atoms with Gasteiger partial charge in [-0.3, -0.25) is 0 Å². The molecule has 146 valence electrons. The summed E-state index contributed by atoms with van der Waals surface area (Å²) in [5.41, 5.74) is 2.33. The molecule has 1 N–H and O–H groups in total. The number of H-pyrrole nitrogens is 1. The zero-order valence-electron chi connectivity index (χ0n) is 15.9. The Morgan fingerprint density at radius 1 is 0.964 bits per heavy atom. The van der Waals surface area contributed by atoms with Crippen molar-refractivity contribution in [2.75, 3.05) is 18.0 Å². The molecule has 1 saturated heterocycles. The van der Waals surface area contributed by atoms with E-state index in [4.69, 9.17) is 0 Å². The third-order valence-corrected chi connectivity index (χ3v) is 7.15. The lowest BCUT2D eigenvalue weighted by atomic mass is 10.1. The molecule has 4 rings (SSSR count). The fourth-order valence-electron chi connectivity index (χ4n) is 3.85. The van der Waals surface area contributed by atoms with Crippen molar-refractivity contribution < 1.29 is 17.8 Å². The molecule has 0 spiro atoms. The summed E-state index contributed by atoms with van der Waals surface area (Å²) in [6.45, 7) is 3.46. The topological polar surface area (TPSA) is 51.5 Å². The Labute approximate surface area is 164 Å². The summed E-state index contributed by atoms with van der Waals surface area (Å²) < 4.78 is 41.0. The lowest BCUT2D eigenvalue weighted by molar-refractivity contribution is -0.347. The number of nitrogens with zero attached hydrogens (tertiary/aromatic N) is 1. The summed E-state index contributed by atoms with van der Waals surface area (Å²) in [5.74, 6) is -0.373. The SMILES string of the molecule is Cc1ccc(S(=O)(=O)c2c[nH+]c3ccc(F)cc3c2N2CCCCCC2)cc1. The molecular formula is C22H24FN2O2S+. The highest BCUT2D eigenvalue weighted by Gasteiger charge is 2.29. The molecule has 0 aliphatic carbocycles. The number of fused-ring (bicyclic) bond motifs is 1. The van der Waals surface area contributed by atoms with Crippen LogP contribution in [0.5, 0.6) is 0 Å². The maximum atomic E-state index is 14.1. The van der Waals surface area contributed by atoms with Gasteiger partial charge in [-0.05, 0) is 44.0 Å². The Hall–Kier alpha value is -2.47. The number of rotatable bonds is 3. The van der Waals surface area contributed by atoms with E-state index in [1.807, 2.05) is 6.92 Å². The standard InChI is InChI=1S/C22H23FN2O2S/c1-16-6-9-18(10-7-16)28(26,27)21-15-24-20-11-8-17(23)14-19(20)22(21)25-12-4-2-3-5-13-25/h6-11,14-15H,2-5,12-13H2,1H3/p+1. The van der Waals surface area contributed by atoms with Crippen LogP contribution in [0, 0.1) is 12.7 Å². The number of pyridine rings is 1. The second-order valence-corrected chi connectivity index (χ2v) is 9.33. The van der Waals surface area contributed by atoms with E-state index in [1.165, 1.54) is 12.1 Å². The van der Waals surface area contributed by atoms with E-state index in [-0.39, 0.29) is 15.6 Å². The van der Waals surface area contributed by atoms with Gasteiger partial charge in [0, 0.05) is 19.2 Å². The van der Waals surface area contributed by atoms with Gasteiger partial charge < -0.3 is 4.90 Å². The van der Waals surface area contributed by atoms with Crippen LogP contribution in [0.1, 0.15) is 31.2 Å². The normalized spacial score (nSPS) is 15.6. The van der Waals surface area contributed by atoms with Crippen molar-refractivity contribution in [1.82, 2.24) is 0 Å². The summed E-state index contributed by atoms with van der Waals surface area (Å²) >= 11 is 0. The second-order valence-electron chi connectivity index (χ2n) is 7.41. The predicted molar refractivity (Wildman–Crippen MR) is 108 cm³/mol. The molecule has 4 nitrogen and oxygen atoms in total. The molecule has 2 aromatic carbocycles. The first-order valence-corrected chi connectivity index (χ1v) is 11.2. The number of hydrogen-bond acceptors (Lipinski definition) is 3. The van der Waals surface area contributed by atoms with Gasteiger partial charge in [-0.2, -0.15) is 0 Å². The smallest absolute Gasteiger partial charge is 0.214 e. The third kappa shape index (κ3) is 3.49. The Morgan fingerprint density at radius 3 is 2.32 bits per heavy atom. The number of sulfone groups is 1. The minimum absolute atomic E-state index is 0.205. The number of benzene rings is 2. The quantitative estimate of drug-likeness (QED) is 0.659. The first-order valence-electron chi connectivity index (χ1n) is 9.67. The Kier molecular flexibility index (Phi) is 5.06. The molecular weight excluding hydrogens is 375 g/mol. The van der Waals surface area contributed by atoms with Gasteiger partial charge in [0.15, 0.2) is 11.1 Å². The fraction of sp³-hybridized carbons (Fsp3) is 0.318. The zero-order valence-corrected chi connectivity index (χ0v) is 16.7. The van der Waals surface area contributed by atoms with Crippen molar-refractivity contribution in [2.24, 2.45) is 0 Å². The monoisotopic (exact) mass is 399 g/mol. The Balaban J connectivity index is 1.97. The molecule has 0 atom stereocenters. The van der Waals surface area contributed by atoms with Gasteiger partial charge in [-0.25, -0.2) is 17.8 Å². The van der Waals surface area contributed by atoms with Gasteiger partial charge in [-0.15, -0.1) is 0 Å². The molecule has 3 aromatic rings. The van der Waals surface area contributed by atoms with Crippen LogP contribution in [0.4, 0.5) is 10.1 Å². The lowest BCUT2D eigenvalue weighted by Crippen LogP contribution is -2.27. The number of aromatic nitrogens is 1. The number of anilines is 1. The first-order chi connectivity index (χ1) is 13.5. The van der Waals surface area contributed by atoms with Crippen molar-refractivity contribution in [3.63, 3.8) is 0 Å². The Bertz CT molecular complexity index is 1100. The van der Waals surface area contributed by atoms with Crippen LogP contribution in [0.2, 0.25) is 0 Å². The van der Waals surface area contributed by atoms with E-state index >= 15 is 0 Å². The van der Waals surface area contributed by atoms with Gasteiger partial charge >= 0.3 is 0 Å². The van der Waals surface area contributed by atoms with Crippen molar-refractivity contribution in [2.45, 2.75) is 42.4 Å². The number of aryl methyl sites for hydroxylation is 1. The molecule has 1 aromatic heterocycles. The summed E-state index contributed by atoms with van der Waals surface area (Å²) in [5, 5.41) is 0.607. The van der Waals surface area contributed by atoms with Crippen LogP contribution >= 0.6 is 0 Å². The molecule has 1 aliphatic heterocycles. The van der Waals surface area contributed by atoms with Crippen molar-refractivity contribution in [1.29, 1.82) is 0 Å². The lowest BCUT2D eigenvalue weighted by Gasteiger charge is -2.25. The van der Waals surface area contributed by atoms with Crippen LogP contribution in [0.25, 0.3) is 10.9 Å². The van der Waals surface area contributed by atoms with Crippen LogP contribution in [-0.4, -0.2) is 21.5 Å². The Morgan fingerprint density at radius 2 is 1.64 bits per heavy atom. The highest BCUT2D eigenvalue weighted by molar-refractivity contribution is 7.91. The minimum Gasteiger partial charge on any atom is -0.370 e. The molecule has 0 radical (unpaired) electrons. The molecule has 0 bridgehead atoms. The van der Waals surface area contributed by atoms with Crippen molar-refractivity contribution >= 4 is 26.4 Å². The number of aromatic amines is 1. The van der Waals surface area contributed by atoms with Gasteiger partial charge in [0.05, 0.1) is 16.0 Å². The van der Waals surface area contributed by atoms with Gasteiger partial charge in [0.2, 0.25) is 15.4 Å². The molecule has 1 aliphatic rings. The van der Waals surface area contributed by atoms with Gasteiger partial charge in [0.25, 0.3) is 0 Å². The average molecular weight is 400 g/mol. The largest absolute Gasteiger partial charge is 0.370 e. The van der Waals surface area contributed by atoms with Crippen molar-refractivity contribution in [3.05, 3.63) is 60.0 Å². The second kappa shape index (κ2) is 7.51. The third-order valence-electron chi connectivity index (χ3n) is 5.37. The summed E-state index contributed by atoms with van der Waals surface area (Å²) in [4.78, 5) is 5.62. The molecule has 0 saturated carbocycles. The van der Waals surface area contributed by atoms with Gasteiger partial charge in [-0.1, -0.05) is 30.5 Å². The molecule has 0 amide bonds. The molecule has 1 fully saturated rings. The zero-order chi connectivity index (χ0) is 19.7. The fourth-order valence-corrected chi connectivity index (χ4v) is 5.31. The van der Waals surface area contributed by atoms with Crippen molar-refractivity contribution in [3.8, 4) is 0 Å². The first kappa shape index (κ1) is 18.9. The van der Waals surface area contributed by atoms with Crippen LogP contribution < -0.4 is 9.88 Å². The number of nitrogens with one attached hydrogen (secondary N) is 1. The van der Waals surface area contributed by atoms with E-state index in [0.29, 0.717) is 11.1 Å². The van der Waals surface area contributed by atoms with Crippen LogP contribution in [-0.2, 0) is 9.84 Å². The van der Waals surface area contributed by atoms with Gasteiger partial charge in [0.1, 0.15) is 5.82 Å². The number of hydrogen-bond donors (Lipinski definition) is 0. The van der Waals surface area contributed by atoms with E-state index in [0.717, 1.165) is 49.9 Å². The molecule has 0 unspecified atom stereocenters. The van der Waals surface area contributed by atoms with Crippen LogP contribution in [0.3, 0.4) is 0 Å². The van der Waals surface area contributed by atoms with E-state index in [1.54, 1.807) is 36.5 Å². The highest BCUT2D eigenvalue weighted by Crippen LogP contribution is 2.36. The molecule has 6 heteroatoms. The van der Waals surface area contributed by atoms with E-state index in [9.17, 15) is 12.8 Å². The summed E-state index contributed by atoms with van der Waals surface area (Å²) in [6, 6.07) is 11.3. The summed E-state index contributed by atoms with van der Waals surface area (Å²) in [6.07, 6.45) is 5.80. The average Bonchev–Trinajstić information content (AvgIpc) is 2.96. The maximum Gasteiger partial charge on any atom is 0.214 e.